The molecule has 4 unspecified atom stereocenters. The number of aliphatic hydroxyl groups is 1. The standard InChI is InChI=1S/C21H30N4O8/c1-11(2)17(25-18(29)13(22)8-12-6-4-3-5-7-12)20(31)23-14(9-16(27)28)19(30)24-15(10-26)21(32)33/h3-7,11,13-15,17,26H,8-10,22H2,1-2H3,(H,23,31)(H,24,30)(H,25,29)(H,27,28)(H,32,33). The van der Waals surface area contributed by atoms with E-state index < -0.39 is 72.8 Å². The molecule has 12 nitrogen and oxygen atoms in total. The van der Waals surface area contributed by atoms with Crippen LogP contribution in [0.4, 0.5) is 0 Å². The Morgan fingerprint density at radius 3 is 1.94 bits per heavy atom. The zero-order valence-corrected chi connectivity index (χ0v) is 18.4. The van der Waals surface area contributed by atoms with E-state index in [4.69, 9.17) is 21.1 Å². The number of aliphatic hydroxyl groups excluding tert-OH is 1. The van der Waals surface area contributed by atoms with Crippen molar-refractivity contribution in [3.05, 3.63) is 35.9 Å². The maximum atomic E-state index is 12.8. The maximum absolute atomic E-state index is 12.8. The van der Waals surface area contributed by atoms with E-state index in [2.05, 4.69) is 10.6 Å². The minimum absolute atomic E-state index is 0.223. The highest BCUT2D eigenvalue weighted by Crippen LogP contribution is 2.07. The number of amides is 3. The van der Waals surface area contributed by atoms with E-state index in [9.17, 15) is 24.0 Å². The first kappa shape index (κ1) is 27.5. The summed E-state index contributed by atoms with van der Waals surface area (Å²) in [5, 5.41) is 33.8. The molecule has 0 aliphatic heterocycles. The molecule has 0 spiro atoms. The Hall–Kier alpha value is -3.51. The van der Waals surface area contributed by atoms with Crippen molar-refractivity contribution in [2.24, 2.45) is 11.7 Å². The van der Waals surface area contributed by atoms with Crippen LogP contribution in [-0.4, -0.2) is 75.8 Å². The number of carboxylic acids is 2. The molecule has 0 heterocycles. The SMILES string of the molecule is CC(C)C(NC(=O)C(N)Cc1ccccc1)C(=O)NC(CC(=O)O)C(=O)NC(CO)C(=O)O. The third-order valence-corrected chi connectivity index (χ3v) is 4.69. The quantitative estimate of drug-likeness (QED) is 0.175. The van der Waals surface area contributed by atoms with Crippen LogP contribution in [0.1, 0.15) is 25.8 Å². The molecule has 8 N–H and O–H groups in total. The summed E-state index contributed by atoms with van der Waals surface area (Å²) in [4.78, 5) is 59.8. The van der Waals surface area contributed by atoms with Gasteiger partial charge >= 0.3 is 11.9 Å². The van der Waals surface area contributed by atoms with Crippen LogP contribution in [0.5, 0.6) is 0 Å². The fourth-order valence-corrected chi connectivity index (χ4v) is 2.86. The third-order valence-electron chi connectivity index (χ3n) is 4.69. The van der Waals surface area contributed by atoms with Crippen LogP contribution in [0.15, 0.2) is 30.3 Å². The van der Waals surface area contributed by atoms with Gasteiger partial charge in [-0.25, -0.2) is 4.79 Å². The maximum Gasteiger partial charge on any atom is 0.328 e. The number of aliphatic carboxylic acids is 2. The molecule has 1 aromatic rings. The average Bonchev–Trinajstić information content (AvgIpc) is 2.74. The lowest BCUT2D eigenvalue weighted by atomic mass is 10.0. The van der Waals surface area contributed by atoms with Gasteiger partial charge in [0.15, 0.2) is 0 Å². The van der Waals surface area contributed by atoms with Crippen LogP contribution in [0.3, 0.4) is 0 Å². The second kappa shape index (κ2) is 13.1. The van der Waals surface area contributed by atoms with Gasteiger partial charge in [-0.15, -0.1) is 0 Å². The topological polar surface area (TPSA) is 208 Å². The predicted octanol–water partition coefficient (Wildman–Crippen LogP) is -1.78. The molecule has 1 rings (SSSR count). The van der Waals surface area contributed by atoms with Crippen molar-refractivity contribution >= 4 is 29.7 Å². The Kier molecular flexibility index (Phi) is 11.0. The zero-order chi connectivity index (χ0) is 25.1. The number of benzene rings is 1. The van der Waals surface area contributed by atoms with Crippen molar-refractivity contribution in [3.63, 3.8) is 0 Å². The lowest BCUT2D eigenvalue weighted by molar-refractivity contribution is -0.144. The molecule has 0 aromatic heterocycles. The normalized spacial score (nSPS) is 14.5. The van der Waals surface area contributed by atoms with Crippen LogP contribution in [0, 0.1) is 5.92 Å². The molecular weight excluding hydrogens is 436 g/mol. The number of nitrogens with one attached hydrogen (secondary N) is 3. The summed E-state index contributed by atoms with van der Waals surface area (Å²) >= 11 is 0. The van der Waals surface area contributed by atoms with Gasteiger partial charge in [-0.3, -0.25) is 19.2 Å². The number of nitrogens with two attached hydrogens (primary N) is 1. The molecule has 4 atom stereocenters. The molecule has 0 bridgehead atoms. The highest BCUT2D eigenvalue weighted by atomic mass is 16.4. The molecule has 0 radical (unpaired) electrons. The van der Waals surface area contributed by atoms with Gasteiger partial charge in [0.1, 0.15) is 18.1 Å². The lowest BCUT2D eigenvalue weighted by Gasteiger charge is -2.26. The Bertz CT molecular complexity index is 846. The highest BCUT2D eigenvalue weighted by molar-refractivity contribution is 5.95. The van der Waals surface area contributed by atoms with Crippen LogP contribution >= 0.6 is 0 Å². The lowest BCUT2D eigenvalue weighted by Crippen LogP contribution is -2.59. The van der Waals surface area contributed by atoms with Crippen molar-refractivity contribution in [1.82, 2.24) is 16.0 Å². The van der Waals surface area contributed by atoms with E-state index >= 15 is 0 Å². The Morgan fingerprint density at radius 2 is 1.45 bits per heavy atom. The van der Waals surface area contributed by atoms with Crippen molar-refractivity contribution in [2.45, 2.75) is 50.9 Å². The Morgan fingerprint density at radius 1 is 0.879 bits per heavy atom. The molecule has 12 heteroatoms. The Labute approximate surface area is 190 Å². The third kappa shape index (κ3) is 9.25. The molecule has 0 saturated heterocycles. The van der Waals surface area contributed by atoms with E-state index in [1.807, 2.05) is 11.4 Å². The minimum Gasteiger partial charge on any atom is -0.481 e. The number of hydrogen-bond donors (Lipinski definition) is 7. The number of hydrogen-bond acceptors (Lipinski definition) is 7. The van der Waals surface area contributed by atoms with Gasteiger partial charge in [0.25, 0.3) is 0 Å². The number of rotatable bonds is 13. The second-order valence-electron chi connectivity index (χ2n) is 7.77. The summed E-state index contributed by atoms with van der Waals surface area (Å²) in [5.41, 5.74) is 6.77. The summed E-state index contributed by atoms with van der Waals surface area (Å²) in [6, 6.07) is 3.58. The molecule has 0 aliphatic carbocycles. The number of carbonyl (C=O) groups is 5. The van der Waals surface area contributed by atoms with Crippen LogP contribution < -0.4 is 21.7 Å². The van der Waals surface area contributed by atoms with Gasteiger partial charge in [0, 0.05) is 0 Å². The average molecular weight is 466 g/mol. The monoisotopic (exact) mass is 466 g/mol. The first-order valence-corrected chi connectivity index (χ1v) is 10.2. The van der Waals surface area contributed by atoms with Crippen molar-refractivity contribution in [1.29, 1.82) is 0 Å². The largest absolute Gasteiger partial charge is 0.481 e. The predicted molar refractivity (Wildman–Crippen MR) is 116 cm³/mol. The van der Waals surface area contributed by atoms with Gasteiger partial charge in [-0.2, -0.15) is 0 Å². The molecule has 182 valence electrons. The van der Waals surface area contributed by atoms with E-state index in [-0.39, 0.29) is 6.42 Å². The van der Waals surface area contributed by atoms with Gasteiger partial charge in [0.2, 0.25) is 17.7 Å². The molecule has 0 aliphatic rings. The first-order valence-electron chi connectivity index (χ1n) is 10.2. The zero-order valence-electron chi connectivity index (χ0n) is 18.4. The summed E-state index contributed by atoms with van der Waals surface area (Å²) < 4.78 is 0. The van der Waals surface area contributed by atoms with Gasteiger partial charge < -0.3 is 37.0 Å². The molecule has 1 aromatic carbocycles. The second-order valence-corrected chi connectivity index (χ2v) is 7.77. The molecule has 33 heavy (non-hydrogen) atoms. The minimum atomic E-state index is -1.68. The van der Waals surface area contributed by atoms with E-state index in [1.54, 1.807) is 38.1 Å². The van der Waals surface area contributed by atoms with Crippen LogP contribution in [-0.2, 0) is 30.4 Å². The summed E-state index contributed by atoms with van der Waals surface area (Å²) in [6.07, 6.45) is -0.623. The number of carbonyl (C=O) groups excluding carboxylic acids is 3. The first-order chi connectivity index (χ1) is 15.5. The highest BCUT2D eigenvalue weighted by Gasteiger charge is 2.32. The van der Waals surface area contributed by atoms with Crippen molar-refractivity contribution in [2.75, 3.05) is 6.61 Å². The van der Waals surface area contributed by atoms with Crippen LogP contribution in [0.25, 0.3) is 0 Å². The summed E-state index contributed by atoms with van der Waals surface area (Å²) in [5.74, 6) is -5.98. The smallest absolute Gasteiger partial charge is 0.328 e. The van der Waals surface area contributed by atoms with Crippen LogP contribution in [0.2, 0.25) is 0 Å². The van der Waals surface area contributed by atoms with Gasteiger partial charge in [0.05, 0.1) is 19.1 Å². The van der Waals surface area contributed by atoms with Gasteiger partial charge in [-0.05, 0) is 17.9 Å². The van der Waals surface area contributed by atoms with E-state index in [1.165, 1.54) is 0 Å². The fraction of sp³-hybridized carbons (Fsp3) is 0.476. The van der Waals surface area contributed by atoms with E-state index in [0.717, 1.165) is 5.56 Å². The fourth-order valence-electron chi connectivity index (χ4n) is 2.86. The van der Waals surface area contributed by atoms with E-state index in [0.29, 0.717) is 0 Å². The molecular formula is C21H30N4O8. The summed E-state index contributed by atoms with van der Waals surface area (Å²) in [7, 11) is 0. The summed E-state index contributed by atoms with van der Waals surface area (Å²) in [6.45, 7) is 2.33. The molecule has 0 saturated carbocycles. The molecule has 0 fully saturated rings. The van der Waals surface area contributed by atoms with Crippen molar-refractivity contribution < 1.29 is 39.3 Å². The Balaban J connectivity index is 2.89. The van der Waals surface area contributed by atoms with Gasteiger partial charge in [-0.1, -0.05) is 44.2 Å². The molecule has 3 amide bonds. The van der Waals surface area contributed by atoms with Crippen molar-refractivity contribution in [3.8, 4) is 0 Å². The number of carboxylic acid groups (broad SMARTS) is 2.